The lowest BCUT2D eigenvalue weighted by molar-refractivity contribution is -0.118. The molecular weight excluding hydrogens is 351 g/mol. The fourth-order valence-corrected chi connectivity index (χ4v) is 3.59. The summed E-state index contributed by atoms with van der Waals surface area (Å²) in [5, 5.41) is 5.23. The Labute approximate surface area is 138 Å². The maximum atomic E-state index is 12.0. The Morgan fingerprint density at radius 3 is 2.82 bits per heavy atom. The Hall–Kier alpha value is -1.77. The zero-order chi connectivity index (χ0) is 15.9. The van der Waals surface area contributed by atoms with E-state index in [1.54, 1.807) is 6.07 Å². The molecule has 1 fully saturated rings. The van der Waals surface area contributed by atoms with E-state index in [1.807, 2.05) is 0 Å². The van der Waals surface area contributed by atoms with Gasteiger partial charge in [0.25, 0.3) is 5.91 Å². The highest BCUT2D eigenvalue weighted by Crippen LogP contribution is 2.38. The molecule has 2 aromatic rings. The zero-order valence-electron chi connectivity index (χ0n) is 11.0. The van der Waals surface area contributed by atoms with Crippen molar-refractivity contribution in [3.63, 3.8) is 0 Å². The Bertz CT molecular complexity index is 785. The van der Waals surface area contributed by atoms with Crippen LogP contribution in [-0.4, -0.2) is 47.4 Å². The van der Waals surface area contributed by atoms with E-state index < -0.39 is 6.03 Å². The smallest absolute Gasteiger partial charge is 0.324 e. The van der Waals surface area contributed by atoms with Crippen molar-refractivity contribution >= 4 is 62.6 Å². The van der Waals surface area contributed by atoms with Gasteiger partial charge < -0.3 is 15.2 Å². The van der Waals surface area contributed by atoms with Gasteiger partial charge in [0.2, 0.25) is 5.91 Å². The topological polar surface area (TPSA) is 94.3 Å². The summed E-state index contributed by atoms with van der Waals surface area (Å²) in [6, 6.07) is 1.22. The first-order chi connectivity index (χ1) is 10.5. The van der Waals surface area contributed by atoms with Crippen LogP contribution in [0.4, 0.5) is 4.79 Å². The van der Waals surface area contributed by atoms with E-state index in [0.29, 0.717) is 20.6 Å². The molecule has 0 aromatic carbocycles. The first kappa shape index (κ1) is 15.1. The van der Waals surface area contributed by atoms with Crippen molar-refractivity contribution < 1.29 is 14.4 Å². The van der Waals surface area contributed by atoms with Gasteiger partial charge in [-0.3, -0.25) is 14.9 Å². The maximum absolute atomic E-state index is 12.0. The summed E-state index contributed by atoms with van der Waals surface area (Å²) in [7, 11) is 0. The van der Waals surface area contributed by atoms with E-state index in [-0.39, 0.29) is 31.4 Å². The molecular formula is C12H10Cl2N4O3S. The molecule has 0 atom stereocenters. The van der Waals surface area contributed by atoms with Gasteiger partial charge in [0.05, 0.1) is 15.2 Å². The molecule has 0 saturated carbocycles. The number of rotatable bonds is 4. The van der Waals surface area contributed by atoms with Crippen LogP contribution in [0.3, 0.4) is 0 Å². The number of halogens is 2. The summed E-state index contributed by atoms with van der Waals surface area (Å²) in [5.41, 5.74) is 0.994. The largest absolute Gasteiger partial charge is 0.349 e. The summed E-state index contributed by atoms with van der Waals surface area (Å²) in [6.45, 7) is 0.507. The number of carbonyl (C=O) groups is 3. The number of nitrogens with one attached hydrogen (secondary N) is 3. The van der Waals surface area contributed by atoms with Crippen LogP contribution >= 0.6 is 34.5 Å². The van der Waals surface area contributed by atoms with E-state index in [0.717, 1.165) is 4.70 Å². The number of carbonyl (C=O) groups excluding carboxylic acids is 3. The fraction of sp³-hybridized carbons (Fsp3) is 0.250. The molecule has 1 aliphatic rings. The molecule has 0 unspecified atom stereocenters. The number of nitrogens with zero attached hydrogens (tertiary/aromatic N) is 1. The van der Waals surface area contributed by atoms with Gasteiger partial charge in [-0.25, -0.2) is 4.79 Å². The normalized spacial score (nSPS) is 14.7. The van der Waals surface area contributed by atoms with Gasteiger partial charge in [-0.2, -0.15) is 0 Å². The highest BCUT2D eigenvalue weighted by Gasteiger charge is 2.26. The van der Waals surface area contributed by atoms with Crippen LogP contribution < -0.4 is 10.6 Å². The van der Waals surface area contributed by atoms with Crippen LogP contribution in [0.1, 0.15) is 10.5 Å². The predicted molar refractivity (Wildman–Crippen MR) is 83.6 cm³/mol. The van der Waals surface area contributed by atoms with Gasteiger partial charge >= 0.3 is 6.03 Å². The minimum absolute atomic E-state index is 0.0149. The number of hydrogen-bond acceptors (Lipinski definition) is 4. The Balaban J connectivity index is 1.59. The number of fused-ring (bicyclic) bond motifs is 1. The molecule has 3 N–H and O–H groups in total. The van der Waals surface area contributed by atoms with Crippen LogP contribution in [0.2, 0.25) is 9.36 Å². The number of aromatic nitrogens is 1. The number of thiophene rings is 1. The number of aromatic amines is 1. The van der Waals surface area contributed by atoms with Crippen molar-refractivity contribution in [3.05, 3.63) is 21.1 Å². The summed E-state index contributed by atoms with van der Waals surface area (Å²) >= 11 is 13.2. The molecule has 1 saturated heterocycles. The first-order valence-electron chi connectivity index (χ1n) is 6.29. The molecule has 0 radical (unpaired) electrons. The maximum Gasteiger partial charge on any atom is 0.324 e. The molecule has 7 nitrogen and oxygen atoms in total. The standard InChI is InChI=1S/C12H10Cl2N4O3S/c13-8-9-6(22-10(8)14)3-5(16-9)11(20)15-1-2-18-4-7(19)17-12(18)21/h3,16H,1-2,4H2,(H,15,20)(H,17,19,21). The van der Waals surface area contributed by atoms with E-state index in [1.165, 1.54) is 16.2 Å². The third-order valence-electron chi connectivity index (χ3n) is 3.15. The fourth-order valence-electron chi connectivity index (χ4n) is 2.10. The summed E-state index contributed by atoms with van der Waals surface area (Å²) in [5.74, 6) is -0.658. The van der Waals surface area contributed by atoms with Crippen LogP contribution in [0.5, 0.6) is 0 Å². The summed E-state index contributed by atoms with van der Waals surface area (Å²) < 4.78 is 1.27. The van der Waals surface area contributed by atoms with Crippen molar-refractivity contribution in [3.8, 4) is 0 Å². The van der Waals surface area contributed by atoms with E-state index >= 15 is 0 Å². The highest BCUT2D eigenvalue weighted by atomic mass is 35.5. The lowest BCUT2D eigenvalue weighted by atomic mass is 10.4. The monoisotopic (exact) mass is 360 g/mol. The van der Waals surface area contributed by atoms with E-state index in [2.05, 4.69) is 15.6 Å². The first-order valence-corrected chi connectivity index (χ1v) is 7.86. The van der Waals surface area contributed by atoms with Gasteiger partial charge in [0.15, 0.2) is 0 Å². The number of hydrogen-bond donors (Lipinski definition) is 3. The Kier molecular flexibility index (Phi) is 3.98. The molecule has 10 heteroatoms. The molecule has 4 amide bonds. The third kappa shape index (κ3) is 2.77. The second-order valence-corrected chi connectivity index (χ2v) is 6.68. The van der Waals surface area contributed by atoms with Crippen molar-refractivity contribution in [2.45, 2.75) is 0 Å². The van der Waals surface area contributed by atoms with Gasteiger partial charge in [-0.1, -0.05) is 23.2 Å². The molecule has 1 aliphatic heterocycles. The quantitative estimate of drug-likeness (QED) is 0.725. The molecule has 116 valence electrons. The van der Waals surface area contributed by atoms with Crippen LogP contribution in [0, 0.1) is 0 Å². The van der Waals surface area contributed by atoms with Crippen molar-refractivity contribution in [1.29, 1.82) is 0 Å². The van der Waals surface area contributed by atoms with Crippen molar-refractivity contribution in [1.82, 2.24) is 20.5 Å². The molecule has 0 bridgehead atoms. The van der Waals surface area contributed by atoms with Gasteiger partial charge in [-0.05, 0) is 6.07 Å². The van der Waals surface area contributed by atoms with Gasteiger partial charge in [0, 0.05) is 13.1 Å². The SMILES string of the molecule is O=C1CN(CCNC(=O)c2cc3sc(Cl)c(Cl)c3[nH]2)C(=O)N1. The molecule has 0 aliphatic carbocycles. The minimum atomic E-state index is -0.443. The van der Waals surface area contributed by atoms with Crippen LogP contribution in [-0.2, 0) is 4.79 Å². The van der Waals surface area contributed by atoms with E-state index in [4.69, 9.17) is 23.2 Å². The second kappa shape index (κ2) is 5.79. The van der Waals surface area contributed by atoms with Gasteiger partial charge in [0.1, 0.15) is 16.6 Å². The second-order valence-electron chi connectivity index (χ2n) is 4.64. The van der Waals surface area contributed by atoms with Crippen molar-refractivity contribution in [2.75, 3.05) is 19.6 Å². The predicted octanol–water partition coefficient (Wildman–Crippen LogP) is 1.82. The molecule has 2 aromatic heterocycles. The number of urea groups is 1. The average molecular weight is 361 g/mol. The molecule has 22 heavy (non-hydrogen) atoms. The average Bonchev–Trinajstić information content (AvgIpc) is 3.08. The number of amides is 4. The molecule has 0 spiro atoms. The van der Waals surface area contributed by atoms with Gasteiger partial charge in [-0.15, -0.1) is 11.3 Å². The highest BCUT2D eigenvalue weighted by molar-refractivity contribution is 7.23. The number of H-pyrrole nitrogens is 1. The number of imide groups is 1. The van der Waals surface area contributed by atoms with E-state index in [9.17, 15) is 14.4 Å². The molecule has 3 rings (SSSR count). The Morgan fingerprint density at radius 1 is 1.41 bits per heavy atom. The van der Waals surface area contributed by atoms with Crippen LogP contribution in [0.15, 0.2) is 6.07 Å². The Morgan fingerprint density at radius 2 is 2.18 bits per heavy atom. The molecule has 3 heterocycles. The minimum Gasteiger partial charge on any atom is -0.349 e. The zero-order valence-corrected chi connectivity index (χ0v) is 13.4. The van der Waals surface area contributed by atoms with Crippen molar-refractivity contribution in [2.24, 2.45) is 0 Å². The summed E-state index contributed by atoms with van der Waals surface area (Å²) in [6.07, 6.45) is 0. The lowest BCUT2D eigenvalue weighted by Crippen LogP contribution is -2.36. The van der Waals surface area contributed by atoms with Crippen LogP contribution in [0.25, 0.3) is 10.2 Å². The summed E-state index contributed by atoms with van der Waals surface area (Å²) in [4.78, 5) is 38.6. The lowest BCUT2D eigenvalue weighted by Gasteiger charge is -2.12. The third-order valence-corrected chi connectivity index (χ3v) is 5.09.